The van der Waals surface area contributed by atoms with Crippen molar-refractivity contribution < 1.29 is 23.4 Å². The lowest BCUT2D eigenvalue weighted by Crippen LogP contribution is -2.31. The number of carboxylic acids is 1. The molecule has 0 amide bonds. The van der Waals surface area contributed by atoms with Crippen LogP contribution in [0.25, 0.3) is 0 Å². The second kappa shape index (κ2) is 5.87. The molecular formula is C11H14ClNO5S. The fraction of sp³-hybridized carbons (Fsp3) is 0.364. The Morgan fingerprint density at radius 3 is 2.53 bits per heavy atom. The summed E-state index contributed by atoms with van der Waals surface area (Å²) in [6.07, 6.45) is -0.854. The van der Waals surface area contributed by atoms with Crippen molar-refractivity contribution in [2.45, 2.75) is 24.8 Å². The molecule has 0 fully saturated rings. The highest BCUT2D eigenvalue weighted by Gasteiger charge is 2.22. The second-order valence-electron chi connectivity index (χ2n) is 4.08. The average Bonchev–Trinajstić information content (AvgIpc) is 2.28. The maximum Gasteiger partial charge on any atom is 0.336 e. The predicted octanol–water partition coefficient (Wildman–Crippen LogP) is 1.01. The van der Waals surface area contributed by atoms with Gasteiger partial charge in [-0.1, -0.05) is 11.6 Å². The number of aromatic carboxylic acids is 1. The molecule has 1 aromatic rings. The zero-order chi connectivity index (χ0) is 14.8. The van der Waals surface area contributed by atoms with Gasteiger partial charge in [-0.25, -0.2) is 17.9 Å². The summed E-state index contributed by atoms with van der Waals surface area (Å²) in [6, 6.07) is 2.36. The van der Waals surface area contributed by atoms with Gasteiger partial charge < -0.3 is 10.2 Å². The van der Waals surface area contributed by atoms with Crippen molar-refractivity contribution in [2.24, 2.45) is 0 Å². The molecule has 106 valence electrons. The van der Waals surface area contributed by atoms with Crippen LogP contribution < -0.4 is 4.72 Å². The largest absolute Gasteiger partial charge is 0.478 e. The molecule has 0 heterocycles. The molecule has 0 aliphatic rings. The number of aliphatic hydroxyl groups is 1. The highest BCUT2D eigenvalue weighted by atomic mass is 35.5. The number of carboxylic acid groups (broad SMARTS) is 1. The fourth-order valence-corrected chi connectivity index (χ4v) is 3.16. The van der Waals surface area contributed by atoms with E-state index in [1.165, 1.54) is 26.0 Å². The third-order valence-corrected chi connectivity index (χ3v) is 4.18. The smallest absolute Gasteiger partial charge is 0.336 e. The topological polar surface area (TPSA) is 104 Å². The van der Waals surface area contributed by atoms with Crippen LogP contribution in [0.4, 0.5) is 0 Å². The van der Waals surface area contributed by atoms with E-state index < -0.39 is 22.1 Å². The van der Waals surface area contributed by atoms with Crippen LogP contribution in [0.1, 0.15) is 22.8 Å². The first-order chi connectivity index (χ1) is 8.65. The van der Waals surface area contributed by atoms with Gasteiger partial charge in [0.25, 0.3) is 0 Å². The molecule has 0 aromatic heterocycles. The minimum absolute atomic E-state index is 0.0143. The monoisotopic (exact) mass is 307 g/mol. The molecule has 0 radical (unpaired) electrons. The molecule has 0 bridgehead atoms. The van der Waals surface area contributed by atoms with Crippen molar-refractivity contribution in [1.82, 2.24) is 4.72 Å². The molecule has 0 aliphatic carbocycles. The van der Waals surface area contributed by atoms with Gasteiger partial charge >= 0.3 is 5.97 Å². The predicted molar refractivity (Wildman–Crippen MR) is 70.0 cm³/mol. The molecule has 6 nitrogen and oxygen atoms in total. The van der Waals surface area contributed by atoms with Crippen LogP contribution >= 0.6 is 11.6 Å². The highest BCUT2D eigenvalue weighted by Crippen LogP contribution is 2.24. The molecule has 0 saturated heterocycles. The Kier molecular flexibility index (Phi) is 4.92. The molecule has 0 saturated carbocycles. The molecule has 0 aliphatic heterocycles. The number of halogens is 1. The van der Waals surface area contributed by atoms with Gasteiger partial charge in [0.2, 0.25) is 10.0 Å². The van der Waals surface area contributed by atoms with E-state index in [0.29, 0.717) is 0 Å². The summed E-state index contributed by atoms with van der Waals surface area (Å²) >= 11 is 5.73. The lowest BCUT2D eigenvalue weighted by molar-refractivity contribution is 0.0695. The Morgan fingerprint density at radius 1 is 1.47 bits per heavy atom. The van der Waals surface area contributed by atoms with Gasteiger partial charge in [0.05, 0.1) is 16.6 Å². The SMILES string of the molecule is Cc1c(C(=O)O)cc(Cl)cc1S(=O)(=O)NC[C@@H](C)O. The van der Waals surface area contributed by atoms with Crippen LogP contribution in [-0.4, -0.2) is 37.2 Å². The van der Waals surface area contributed by atoms with Gasteiger partial charge in [-0.2, -0.15) is 0 Å². The van der Waals surface area contributed by atoms with Gasteiger partial charge in [0.1, 0.15) is 0 Å². The summed E-state index contributed by atoms with van der Waals surface area (Å²) in [5.74, 6) is -1.26. The van der Waals surface area contributed by atoms with E-state index in [1.807, 2.05) is 0 Å². The van der Waals surface area contributed by atoms with Gasteiger partial charge in [0, 0.05) is 11.6 Å². The summed E-state index contributed by atoms with van der Waals surface area (Å²) in [7, 11) is -3.92. The zero-order valence-electron chi connectivity index (χ0n) is 10.3. The quantitative estimate of drug-likeness (QED) is 0.753. The maximum atomic E-state index is 12.0. The number of carbonyl (C=O) groups is 1. The summed E-state index contributed by atoms with van der Waals surface area (Å²) < 4.78 is 26.2. The first-order valence-electron chi connectivity index (χ1n) is 5.36. The Bertz CT molecular complexity index is 597. The van der Waals surface area contributed by atoms with Crippen molar-refractivity contribution in [3.05, 3.63) is 28.3 Å². The summed E-state index contributed by atoms with van der Waals surface area (Å²) in [5, 5.41) is 18.1. The van der Waals surface area contributed by atoms with Crippen LogP contribution in [0.3, 0.4) is 0 Å². The number of rotatable bonds is 5. The molecule has 8 heteroatoms. The van der Waals surface area contributed by atoms with E-state index in [9.17, 15) is 13.2 Å². The summed E-state index contributed by atoms with van der Waals surface area (Å²) in [5.41, 5.74) is -0.0834. The van der Waals surface area contributed by atoms with Gasteiger partial charge in [-0.15, -0.1) is 0 Å². The number of aliphatic hydroxyl groups excluding tert-OH is 1. The minimum Gasteiger partial charge on any atom is -0.478 e. The highest BCUT2D eigenvalue weighted by molar-refractivity contribution is 7.89. The van der Waals surface area contributed by atoms with Crippen molar-refractivity contribution >= 4 is 27.6 Å². The molecule has 1 rings (SSSR count). The van der Waals surface area contributed by atoms with E-state index in [0.717, 1.165) is 0 Å². The standard InChI is InChI=1S/C11H14ClNO5S/c1-6(14)5-13-19(17,18)10-4-8(12)3-9(7(10)2)11(15)16/h3-4,6,13-14H,5H2,1-2H3,(H,15,16)/t6-/m1/s1. The van der Waals surface area contributed by atoms with Crippen molar-refractivity contribution in [3.8, 4) is 0 Å². The third kappa shape index (κ3) is 3.90. The maximum absolute atomic E-state index is 12.0. The van der Waals surface area contributed by atoms with E-state index >= 15 is 0 Å². The van der Waals surface area contributed by atoms with E-state index in [-0.39, 0.29) is 27.6 Å². The van der Waals surface area contributed by atoms with Crippen molar-refractivity contribution in [2.75, 3.05) is 6.54 Å². The van der Waals surface area contributed by atoms with E-state index in [4.69, 9.17) is 21.8 Å². The number of sulfonamides is 1. The lowest BCUT2D eigenvalue weighted by Gasteiger charge is -2.12. The molecule has 0 unspecified atom stereocenters. The van der Waals surface area contributed by atoms with Gasteiger partial charge in [-0.3, -0.25) is 0 Å². The first kappa shape index (κ1) is 15.9. The molecule has 1 aromatic carbocycles. The summed E-state index contributed by atoms with van der Waals surface area (Å²) in [4.78, 5) is 10.8. The molecule has 1 atom stereocenters. The lowest BCUT2D eigenvalue weighted by atomic mass is 10.1. The van der Waals surface area contributed by atoms with Crippen LogP contribution in [0.5, 0.6) is 0 Å². The minimum atomic E-state index is -3.92. The normalized spacial score (nSPS) is 13.3. The number of nitrogens with one attached hydrogen (secondary N) is 1. The number of hydrogen-bond acceptors (Lipinski definition) is 4. The van der Waals surface area contributed by atoms with Gasteiger partial charge in [-0.05, 0) is 31.5 Å². The second-order valence-corrected chi connectivity index (χ2v) is 6.25. The Labute approximate surface area is 116 Å². The molecular weight excluding hydrogens is 294 g/mol. The van der Waals surface area contributed by atoms with Crippen LogP contribution in [0, 0.1) is 6.92 Å². The van der Waals surface area contributed by atoms with Gasteiger partial charge in [0.15, 0.2) is 0 Å². The fourth-order valence-electron chi connectivity index (χ4n) is 1.46. The number of hydrogen-bond donors (Lipinski definition) is 3. The molecule has 19 heavy (non-hydrogen) atoms. The van der Waals surface area contributed by atoms with Crippen molar-refractivity contribution in [3.63, 3.8) is 0 Å². The first-order valence-corrected chi connectivity index (χ1v) is 7.22. The van der Waals surface area contributed by atoms with Crippen LogP contribution in [0.2, 0.25) is 5.02 Å². The van der Waals surface area contributed by atoms with Crippen molar-refractivity contribution in [1.29, 1.82) is 0 Å². The van der Waals surface area contributed by atoms with E-state index in [1.54, 1.807) is 0 Å². The Morgan fingerprint density at radius 2 is 2.05 bits per heavy atom. The summed E-state index contributed by atoms with van der Waals surface area (Å²) in [6.45, 7) is 2.64. The van der Waals surface area contributed by atoms with Crippen LogP contribution in [-0.2, 0) is 10.0 Å². The molecule has 3 N–H and O–H groups in total. The number of benzene rings is 1. The third-order valence-electron chi connectivity index (χ3n) is 2.41. The van der Waals surface area contributed by atoms with E-state index in [2.05, 4.69) is 4.72 Å². The van der Waals surface area contributed by atoms with Crippen LogP contribution in [0.15, 0.2) is 17.0 Å². The Balaban J connectivity index is 3.31. The zero-order valence-corrected chi connectivity index (χ0v) is 11.9. The Hall–Kier alpha value is -1.15. The molecule has 0 spiro atoms. The average molecular weight is 308 g/mol.